The second-order valence-electron chi connectivity index (χ2n) is 4.21. The van der Waals surface area contributed by atoms with Crippen LogP contribution in [0.25, 0.3) is 6.08 Å². The Labute approximate surface area is 115 Å². The standard InChI is InChI=1S/C14H14FNO2S/c1-2-3-8-16-13(17)12(19-14(16)18)9-10-6-4-5-7-11(10)15/h4-7,9H,2-3,8H2,1H3/b12-9-. The van der Waals surface area contributed by atoms with Crippen LogP contribution < -0.4 is 0 Å². The lowest BCUT2D eigenvalue weighted by atomic mass is 10.2. The number of carbonyl (C=O) groups excluding carboxylic acids is 2. The van der Waals surface area contributed by atoms with Gasteiger partial charge >= 0.3 is 0 Å². The maximum absolute atomic E-state index is 13.5. The van der Waals surface area contributed by atoms with E-state index < -0.39 is 5.82 Å². The molecular weight excluding hydrogens is 265 g/mol. The first-order valence-corrected chi connectivity index (χ1v) is 6.95. The molecule has 1 saturated heterocycles. The Morgan fingerprint density at radius 2 is 2.05 bits per heavy atom. The van der Waals surface area contributed by atoms with E-state index in [1.807, 2.05) is 6.92 Å². The molecule has 0 radical (unpaired) electrons. The van der Waals surface area contributed by atoms with Crippen molar-refractivity contribution in [2.24, 2.45) is 0 Å². The largest absolute Gasteiger partial charge is 0.293 e. The van der Waals surface area contributed by atoms with Gasteiger partial charge in [0.25, 0.3) is 11.1 Å². The average Bonchev–Trinajstić information content (AvgIpc) is 2.65. The summed E-state index contributed by atoms with van der Waals surface area (Å²) in [6.07, 6.45) is 3.13. The minimum atomic E-state index is -0.400. The quantitative estimate of drug-likeness (QED) is 0.789. The second-order valence-corrected chi connectivity index (χ2v) is 5.20. The van der Waals surface area contributed by atoms with Crippen LogP contribution in [0.1, 0.15) is 25.3 Å². The average molecular weight is 279 g/mol. The predicted octanol–water partition coefficient (Wildman–Crippen LogP) is 3.66. The predicted molar refractivity (Wildman–Crippen MR) is 74.0 cm³/mol. The molecule has 2 amide bonds. The summed E-state index contributed by atoms with van der Waals surface area (Å²) in [6.45, 7) is 2.42. The summed E-state index contributed by atoms with van der Waals surface area (Å²) in [7, 11) is 0. The van der Waals surface area contributed by atoms with Crippen molar-refractivity contribution < 1.29 is 14.0 Å². The van der Waals surface area contributed by atoms with Gasteiger partial charge in [0, 0.05) is 12.1 Å². The minimum Gasteiger partial charge on any atom is -0.268 e. The maximum Gasteiger partial charge on any atom is 0.293 e. The van der Waals surface area contributed by atoms with Crippen molar-refractivity contribution in [3.05, 3.63) is 40.6 Å². The fourth-order valence-corrected chi connectivity index (χ4v) is 2.60. The molecule has 0 aromatic heterocycles. The Morgan fingerprint density at radius 1 is 1.32 bits per heavy atom. The lowest BCUT2D eigenvalue weighted by Gasteiger charge is -2.10. The van der Waals surface area contributed by atoms with E-state index in [1.54, 1.807) is 18.2 Å². The fourth-order valence-electron chi connectivity index (χ4n) is 1.74. The van der Waals surface area contributed by atoms with Crippen LogP contribution in [-0.4, -0.2) is 22.6 Å². The molecule has 0 aliphatic carbocycles. The molecule has 1 fully saturated rings. The number of hydrogen-bond donors (Lipinski definition) is 0. The summed E-state index contributed by atoms with van der Waals surface area (Å²) in [5.41, 5.74) is 0.323. The van der Waals surface area contributed by atoms with Crippen molar-refractivity contribution in [1.82, 2.24) is 4.90 Å². The molecule has 19 heavy (non-hydrogen) atoms. The first kappa shape index (κ1) is 13.8. The van der Waals surface area contributed by atoms with E-state index in [9.17, 15) is 14.0 Å². The van der Waals surface area contributed by atoms with Gasteiger partial charge in [-0.2, -0.15) is 0 Å². The van der Waals surface area contributed by atoms with Gasteiger partial charge in [-0.05, 0) is 30.3 Å². The molecule has 1 heterocycles. The number of halogens is 1. The Morgan fingerprint density at radius 3 is 2.74 bits per heavy atom. The molecule has 0 bridgehead atoms. The van der Waals surface area contributed by atoms with Crippen LogP contribution in [0.4, 0.5) is 9.18 Å². The number of rotatable bonds is 4. The number of imide groups is 1. The van der Waals surface area contributed by atoms with Crippen molar-refractivity contribution in [2.45, 2.75) is 19.8 Å². The molecule has 0 atom stereocenters. The minimum absolute atomic E-state index is 0.277. The van der Waals surface area contributed by atoms with Crippen molar-refractivity contribution in [1.29, 1.82) is 0 Å². The summed E-state index contributed by atoms with van der Waals surface area (Å²) in [6, 6.07) is 6.18. The van der Waals surface area contributed by atoms with Crippen molar-refractivity contribution in [3.8, 4) is 0 Å². The molecule has 1 aliphatic rings. The molecule has 1 aromatic carbocycles. The van der Waals surface area contributed by atoms with Gasteiger partial charge in [0.2, 0.25) is 0 Å². The summed E-state index contributed by atoms with van der Waals surface area (Å²) in [4.78, 5) is 25.2. The number of amides is 2. The van der Waals surface area contributed by atoms with Crippen LogP contribution in [0.15, 0.2) is 29.2 Å². The van der Waals surface area contributed by atoms with Crippen LogP contribution in [-0.2, 0) is 4.79 Å². The fraction of sp³-hybridized carbons (Fsp3) is 0.286. The lowest BCUT2D eigenvalue weighted by Crippen LogP contribution is -2.29. The highest BCUT2D eigenvalue weighted by atomic mass is 32.2. The molecule has 1 aromatic rings. The maximum atomic E-state index is 13.5. The molecule has 5 heteroatoms. The van der Waals surface area contributed by atoms with Gasteiger partial charge < -0.3 is 0 Å². The first-order chi connectivity index (χ1) is 9.13. The Balaban J connectivity index is 2.21. The second kappa shape index (κ2) is 6.02. The van der Waals surface area contributed by atoms with Crippen LogP contribution in [0, 0.1) is 5.82 Å². The van der Waals surface area contributed by atoms with Crippen molar-refractivity contribution in [2.75, 3.05) is 6.54 Å². The number of hydrogen-bond acceptors (Lipinski definition) is 3. The van der Waals surface area contributed by atoms with Gasteiger partial charge in [-0.15, -0.1) is 0 Å². The summed E-state index contributed by atoms with van der Waals surface area (Å²) >= 11 is 0.868. The van der Waals surface area contributed by atoms with Crippen LogP contribution in [0.2, 0.25) is 0 Å². The van der Waals surface area contributed by atoms with Gasteiger partial charge in [-0.1, -0.05) is 31.5 Å². The zero-order valence-corrected chi connectivity index (χ0v) is 11.4. The number of nitrogens with zero attached hydrogens (tertiary/aromatic N) is 1. The summed E-state index contributed by atoms with van der Waals surface area (Å²) in [5.74, 6) is -0.727. The van der Waals surface area contributed by atoms with Gasteiger partial charge in [-0.3, -0.25) is 14.5 Å². The van der Waals surface area contributed by atoms with Gasteiger partial charge in [0.15, 0.2) is 0 Å². The third-order valence-corrected chi connectivity index (χ3v) is 3.71. The molecule has 1 aliphatic heterocycles. The number of thioether (sulfide) groups is 1. The SMILES string of the molecule is CCCCN1C(=O)S/C(=C\c2ccccc2F)C1=O. The van der Waals surface area contributed by atoms with E-state index in [-0.39, 0.29) is 16.1 Å². The highest BCUT2D eigenvalue weighted by Gasteiger charge is 2.34. The van der Waals surface area contributed by atoms with Crippen molar-refractivity contribution in [3.63, 3.8) is 0 Å². The number of benzene rings is 1. The highest BCUT2D eigenvalue weighted by Crippen LogP contribution is 2.32. The summed E-state index contributed by atoms with van der Waals surface area (Å²) < 4.78 is 13.5. The van der Waals surface area contributed by atoms with Gasteiger partial charge in [0.05, 0.1) is 4.91 Å². The van der Waals surface area contributed by atoms with E-state index in [0.29, 0.717) is 12.1 Å². The van der Waals surface area contributed by atoms with Crippen LogP contribution in [0.5, 0.6) is 0 Å². The van der Waals surface area contributed by atoms with E-state index >= 15 is 0 Å². The molecule has 0 unspecified atom stereocenters. The summed E-state index contributed by atoms with van der Waals surface area (Å²) in [5, 5.41) is -0.277. The monoisotopic (exact) mass is 279 g/mol. The van der Waals surface area contributed by atoms with Crippen LogP contribution >= 0.6 is 11.8 Å². The van der Waals surface area contributed by atoms with Gasteiger partial charge in [-0.25, -0.2) is 4.39 Å². The zero-order chi connectivity index (χ0) is 13.8. The van der Waals surface area contributed by atoms with Gasteiger partial charge in [0.1, 0.15) is 5.82 Å². The van der Waals surface area contributed by atoms with E-state index in [2.05, 4.69) is 0 Å². The molecule has 2 rings (SSSR count). The molecule has 3 nitrogen and oxygen atoms in total. The molecular formula is C14H14FNO2S. The Bertz CT molecular complexity index is 542. The van der Waals surface area contributed by atoms with E-state index in [0.717, 1.165) is 24.6 Å². The smallest absolute Gasteiger partial charge is 0.268 e. The topological polar surface area (TPSA) is 37.4 Å². The third-order valence-electron chi connectivity index (χ3n) is 2.80. The van der Waals surface area contributed by atoms with E-state index in [4.69, 9.17) is 0 Å². The Hall–Kier alpha value is -1.62. The zero-order valence-electron chi connectivity index (χ0n) is 10.6. The first-order valence-electron chi connectivity index (χ1n) is 6.13. The van der Waals surface area contributed by atoms with E-state index in [1.165, 1.54) is 17.0 Å². The lowest BCUT2D eigenvalue weighted by molar-refractivity contribution is -0.122. The molecule has 0 saturated carbocycles. The molecule has 0 spiro atoms. The Kier molecular flexibility index (Phi) is 4.37. The third kappa shape index (κ3) is 3.04. The normalized spacial score (nSPS) is 17.6. The van der Waals surface area contributed by atoms with Crippen molar-refractivity contribution >= 4 is 29.0 Å². The molecule has 0 N–H and O–H groups in total. The highest BCUT2D eigenvalue weighted by molar-refractivity contribution is 8.18. The number of unbranched alkanes of at least 4 members (excludes halogenated alkanes) is 1. The number of carbonyl (C=O) groups is 2. The van der Waals surface area contributed by atoms with Crippen LogP contribution in [0.3, 0.4) is 0 Å². The molecule has 100 valence electrons.